The molecular weight excluding hydrogens is 512 g/mol. The van der Waals surface area contributed by atoms with Gasteiger partial charge in [-0.2, -0.15) is 0 Å². The molecule has 2 atom stereocenters. The van der Waals surface area contributed by atoms with Crippen molar-refractivity contribution in [1.82, 2.24) is 0 Å². The van der Waals surface area contributed by atoms with E-state index in [9.17, 15) is 18.7 Å². The van der Waals surface area contributed by atoms with Crippen LogP contribution in [-0.4, -0.2) is 33.0 Å². The number of aliphatic carboxylic acids is 1. The summed E-state index contributed by atoms with van der Waals surface area (Å²) in [7, 11) is 1.56. The molecule has 9 heteroatoms. The molecule has 1 unspecified atom stereocenters. The number of fused-ring (bicyclic) bond motifs is 1. The van der Waals surface area contributed by atoms with E-state index in [-0.39, 0.29) is 12.5 Å². The number of ether oxygens (including phenoxy) is 1. The van der Waals surface area contributed by atoms with Crippen molar-refractivity contribution in [1.29, 1.82) is 0 Å². The first-order valence-corrected chi connectivity index (χ1v) is 13.0. The van der Waals surface area contributed by atoms with Crippen molar-refractivity contribution in [3.63, 3.8) is 0 Å². The Balaban J connectivity index is 1.84. The van der Waals surface area contributed by atoms with Crippen molar-refractivity contribution in [2.75, 3.05) is 16.3 Å². The lowest BCUT2D eigenvalue weighted by atomic mass is 10.0. The second kappa shape index (κ2) is 11.6. The van der Waals surface area contributed by atoms with Gasteiger partial charge in [-0.15, -0.1) is 0 Å². The third-order valence-electron chi connectivity index (χ3n) is 6.14. The molecule has 0 saturated heterocycles. The number of hydrogen-bond donors (Lipinski definition) is 2. The number of benzene rings is 4. The van der Waals surface area contributed by atoms with Crippen molar-refractivity contribution >= 4 is 56.7 Å². The fraction of sp³-hybridized carbons (Fsp3) is 0.179. The maximum Gasteiger partial charge on any atom is 0.305 e. The zero-order chi connectivity index (χ0) is 26.5. The Labute approximate surface area is 223 Å². The molecule has 0 aliphatic rings. The van der Waals surface area contributed by atoms with Crippen LogP contribution in [0.4, 0.5) is 17.1 Å². The number of nitrogens with zero attached hydrogens (tertiary/aromatic N) is 2. The smallest absolute Gasteiger partial charge is 0.305 e. The Morgan fingerprint density at radius 1 is 0.946 bits per heavy atom. The summed E-state index contributed by atoms with van der Waals surface area (Å²) in [4.78, 5) is 13.6. The van der Waals surface area contributed by atoms with Crippen molar-refractivity contribution in [3.05, 3.63) is 95.5 Å². The van der Waals surface area contributed by atoms with Gasteiger partial charge in [-0.05, 0) is 61.0 Å². The quantitative estimate of drug-likeness (QED) is 0.220. The molecule has 192 valence electrons. The minimum Gasteiger partial charge on any atom is -0.497 e. The predicted molar refractivity (Wildman–Crippen MR) is 149 cm³/mol. The van der Waals surface area contributed by atoms with Crippen molar-refractivity contribution in [2.24, 2.45) is 0 Å². The highest BCUT2D eigenvalue weighted by molar-refractivity contribution is 7.81. The van der Waals surface area contributed by atoms with E-state index in [1.165, 1.54) is 4.31 Å². The molecule has 0 amide bonds. The summed E-state index contributed by atoms with van der Waals surface area (Å²) >= 11 is 3.72. The van der Waals surface area contributed by atoms with E-state index in [1.54, 1.807) is 49.6 Å². The van der Waals surface area contributed by atoms with Crippen LogP contribution in [0.2, 0.25) is 5.02 Å². The number of halogens is 1. The molecule has 4 aromatic carbocycles. The Morgan fingerprint density at radius 3 is 2.11 bits per heavy atom. The summed E-state index contributed by atoms with van der Waals surface area (Å²) in [6, 6.07) is 25.3. The van der Waals surface area contributed by atoms with Crippen LogP contribution in [0.3, 0.4) is 0 Å². The zero-order valence-electron chi connectivity index (χ0n) is 20.4. The van der Waals surface area contributed by atoms with E-state index in [0.29, 0.717) is 28.7 Å². The number of hydrogen-bond acceptors (Lipinski definition) is 4. The van der Waals surface area contributed by atoms with E-state index >= 15 is 0 Å². The van der Waals surface area contributed by atoms with E-state index < -0.39 is 17.2 Å². The summed E-state index contributed by atoms with van der Waals surface area (Å²) in [5, 5.41) is 11.7. The first-order valence-electron chi connectivity index (χ1n) is 11.6. The van der Waals surface area contributed by atoms with Crippen molar-refractivity contribution in [2.45, 2.75) is 25.9 Å². The van der Waals surface area contributed by atoms with Gasteiger partial charge in [-0.1, -0.05) is 48.0 Å². The number of methoxy groups -OCH3 is 1. The van der Waals surface area contributed by atoms with Gasteiger partial charge in [0.15, 0.2) is 0 Å². The number of anilines is 3. The number of rotatable bonds is 10. The third-order valence-corrected chi connectivity index (χ3v) is 7.11. The standard InChI is InChI=1S/C28H27ClN2O5S/c1-19(17-28(32)33)30(18-20-7-9-21(29)10-8-20)26-15-16-27(25-6-4-3-5-24(25)26)31(37(34)35)22-11-13-23(36-2)14-12-22/h3-16,19H,17-18H2,1-2H3,(H,32,33)(H,34,35)/t19-/m0/s1. The van der Waals surface area contributed by atoms with Gasteiger partial charge in [0.05, 0.1) is 24.9 Å². The normalized spacial score (nSPS) is 12.6. The van der Waals surface area contributed by atoms with E-state index in [1.807, 2.05) is 54.3 Å². The Kier molecular flexibility index (Phi) is 8.33. The molecule has 0 spiro atoms. The molecule has 4 aromatic rings. The highest BCUT2D eigenvalue weighted by Gasteiger charge is 2.24. The van der Waals surface area contributed by atoms with E-state index in [2.05, 4.69) is 0 Å². The molecule has 0 aliphatic carbocycles. The second-order valence-corrected chi connectivity index (χ2v) is 9.84. The van der Waals surface area contributed by atoms with E-state index in [4.69, 9.17) is 16.3 Å². The van der Waals surface area contributed by atoms with Gasteiger partial charge in [0.1, 0.15) is 5.75 Å². The molecule has 0 fully saturated rings. The summed E-state index contributed by atoms with van der Waals surface area (Å²) in [5.41, 5.74) is 2.87. The number of carboxylic acid groups (broad SMARTS) is 1. The average Bonchev–Trinajstić information content (AvgIpc) is 2.88. The summed E-state index contributed by atoms with van der Waals surface area (Å²) < 4.78 is 29.4. The van der Waals surface area contributed by atoms with Crippen LogP contribution in [0, 0.1) is 0 Å². The van der Waals surface area contributed by atoms with Gasteiger partial charge in [-0.25, -0.2) is 8.51 Å². The molecule has 0 radical (unpaired) electrons. The van der Waals surface area contributed by atoms with Crippen LogP contribution in [0.25, 0.3) is 10.8 Å². The summed E-state index contributed by atoms with van der Waals surface area (Å²) in [6.07, 6.45) is -0.0533. The van der Waals surface area contributed by atoms with Crippen LogP contribution >= 0.6 is 11.6 Å². The van der Waals surface area contributed by atoms with Gasteiger partial charge in [0, 0.05) is 34.1 Å². The predicted octanol–water partition coefficient (Wildman–Crippen LogP) is 6.65. The van der Waals surface area contributed by atoms with Crippen molar-refractivity contribution < 1.29 is 23.4 Å². The first kappa shape index (κ1) is 26.5. The third kappa shape index (κ3) is 6.05. The fourth-order valence-electron chi connectivity index (χ4n) is 4.35. The molecule has 0 aliphatic heterocycles. The molecule has 37 heavy (non-hydrogen) atoms. The molecule has 0 heterocycles. The Bertz CT molecular complexity index is 1410. The summed E-state index contributed by atoms with van der Waals surface area (Å²) in [6.45, 7) is 2.34. The first-order chi connectivity index (χ1) is 17.8. The molecule has 0 aromatic heterocycles. The second-order valence-electron chi connectivity index (χ2n) is 8.57. The Hall–Kier alpha value is -3.59. The van der Waals surface area contributed by atoms with Crippen LogP contribution in [0.5, 0.6) is 5.75 Å². The van der Waals surface area contributed by atoms with Crippen LogP contribution in [-0.2, 0) is 22.6 Å². The fourth-order valence-corrected chi connectivity index (χ4v) is 5.11. The summed E-state index contributed by atoms with van der Waals surface area (Å²) in [5.74, 6) is -0.256. The van der Waals surface area contributed by atoms with Gasteiger partial charge in [0.2, 0.25) is 0 Å². The molecule has 2 N–H and O–H groups in total. The number of carboxylic acids is 1. The Morgan fingerprint density at radius 2 is 1.54 bits per heavy atom. The SMILES string of the molecule is COc1ccc(N(c2ccc(N(Cc3ccc(Cl)cc3)[C@@H](C)CC(=O)O)c3ccccc23)S(=O)O)cc1. The minimum absolute atomic E-state index is 0.0533. The highest BCUT2D eigenvalue weighted by Crippen LogP contribution is 2.39. The van der Waals surface area contributed by atoms with Gasteiger partial charge < -0.3 is 14.7 Å². The van der Waals surface area contributed by atoms with Crippen molar-refractivity contribution in [3.8, 4) is 5.75 Å². The largest absolute Gasteiger partial charge is 0.497 e. The molecule has 4 rings (SSSR count). The lowest BCUT2D eigenvalue weighted by Crippen LogP contribution is -2.34. The monoisotopic (exact) mass is 538 g/mol. The van der Waals surface area contributed by atoms with Gasteiger partial charge in [-0.3, -0.25) is 9.35 Å². The molecule has 7 nitrogen and oxygen atoms in total. The molecule has 0 bridgehead atoms. The zero-order valence-corrected chi connectivity index (χ0v) is 21.9. The average molecular weight is 539 g/mol. The molecular formula is C28H27ClN2O5S. The van der Waals surface area contributed by atoms with Gasteiger partial charge >= 0.3 is 5.97 Å². The molecule has 0 saturated carbocycles. The topological polar surface area (TPSA) is 90.3 Å². The van der Waals surface area contributed by atoms with Gasteiger partial charge in [0.25, 0.3) is 11.3 Å². The highest BCUT2D eigenvalue weighted by atomic mass is 35.5. The maximum absolute atomic E-state index is 12.5. The van der Waals surface area contributed by atoms with Crippen LogP contribution in [0.15, 0.2) is 84.9 Å². The van der Waals surface area contributed by atoms with Crippen LogP contribution in [0.1, 0.15) is 18.9 Å². The maximum atomic E-state index is 12.5. The lowest BCUT2D eigenvalue weighted by Gasteiger charge is -2.33. The minimum atomic E-state index is -2.35. The number of carbonyl (C=O) groups is 1. The lowest BCUT2D eigenvalue weighted by molar-refractivity contribution is -0.137. The van der Waals surface area contributed by atoms with E-state index in [0.717, 1.165) is 22.0 Å². The van der Waals surface area contributed by atoms with Crippen LogP contribution < -0.4 is 13.9 Å².